The third-order valence-electron chi connectivity index (χ3n) is 11.3. The minimum absolute atomic E-state index is 0.0397. The molecule has 0 radical (unpaired) electrons. The predicted molar refractivity (Wildman–Crippen MR) is 216 cm³/mol. The van der Waals surface area contributed by atoms with Gasteiger partial charge in [0.2, 0.25) is 0 Å². The van der Waals surface area contributed by atoms with Crippen molar-refractivity contribution >= 4 is 65.9 Å². The van der Waals surface area contributed by atoms with Crippen molar-refractivity contribution in [1.82, 2.24) is 19.1 Å². The van der Waals surface area contributed by atoms with Crippen LogP contribution in [0.4, 0.5) is 0 Å². The molecule has 4 aromatic rings. The number of carbonyl (C=O) groups excluding carboxylic acids is 2. The summed E-state index contributed by atoms with van der Waals surface area (Å²) in [6, 6.07) is 12.0. The lowest BCUT2D eigenvalue weighted by molar-refractivity contribution is -0.157. The predicted octanol–water partition coefficient (Wildman–Crippen LogP) is 10.7. The van der Waals surface area contributed by atoms with Crippen LogP contribution < -0.4 is 0 Å². The van der Waals surface area contributed by atoms with Gasteiger partial charge in [-0.3, -0.25) is 9.59 Å². The van der Waals surface area contributed by atoms with Gasteiger partial charge in [-0.05, 0) is 97.6 Å². The van der Waals surface area contributed by atoms with Crippen LogP contribution in [0.3, 0.4) is 0 Å². The van der Waals surface area contributed by atoms with E-state index in [2.05, 4.69) is 97.2 Å². The van der Waals surface area contributed by atoms with Gasteiger partial charge >= 0.3 is 11.9 Å². The first-order valence-corrected chi connectivity index (χ1v) is 21.0. The van der Waals surface area contributed by atoms with Crippen LogP contribution in [0.1, 0.15) is 106 Å². The van der Waals surface area contributed by atoms with E-state index in [1.54, 1.807) is 0 Å². The molecule has 52 heavy (non-hydrogen) atoms. The number of carbonyl (C=O) groups is 2. The molecule has 0 spiro atoms. The van der Waals surface area contributed by atoms with Crippen LogP contribution in [0.5, 0.6) is 0 Å². The van der Waals surface area contributed by atoms with Gasteiger partial charge < -0.3 is 18.6 Å². The zero-order valence-electron chi connectivity index (χ0n) is 32.3. The Morgan fingerprint density at radius 1 is 0.692 bits per heavy atom. The Bertz CT molecular complexity index is 1830. The molecule has 0 bridgehead atoms. The normalized spacial score (nSPS) is 23.5. The Labute approximate surface area is 327 Å². The maximum Gasteiger partial charge on any atom is 0.326 e. The lowest BCUT2D eigenvalue weighted by atomic mass is 9.75. The zero-order chi connectivity index (χ0) is 37.7. The smallest absolute Gasteiger partial charge is 0.326 e. The third-order valence-corrected chi connectivity index (χ3v) is 12.3. The molecule has 6 rings (SSSR count). The van der Waals surface area contributed by atoms with E-state index in [1.165, 1.54) is 12.8 Å². The van der Waals surface area contributed by atoms with Crippen LogP contribution in [0.25, 0.3) is 22.1 Å². The van der Waals surface area contributed by atoms with Crippen LogP contribution in [-0.2, 0) is 45.0 Å². The summed E-state index contributed by atoms with van der Waals surface area (Å²) in [6.45, 7) is 18.0. The fourth-order valence-corrected chi connectivity index (χ4v) is 9.06. The number of fused-ring (bicyclic) bond motifs is 2. The highest BCUT2D eigenvalue weighted by Gasteiger charge is 2.35. The first kappa shape index (κ1) is 40.5. The minimum Gasteiger partial charge on any atom is -0.461 e. The summed E-state index contributed by atoms with van der Waals surface area (Å²) in [5.74, 6) is 4.81. The number of rotatable bonds is 10. The molecule has 6 atom stereocenters. The number of hydrogen-bond acceptors (Lipinski definition) is 6. The number of nitrogens with zero attached hydrogens (tertiary/aromatic N) is 4. The average Bonchev–Trinajstić information content (AvgIpc) is 3.60. The van der Waals surface area contributed by atoms with Crippen molar-refractivity contribution < 1.29 is 19.1 Å². The van der Waals surface area contributed by atoms with Crippen LogP contribution in [0.15, 0.2) is 45.3 Å². The van der Waals surface area contributed by atoms with Gasteiger partial charge in [-0.2, -0.15) is 0 Å². The molecule has 10 heteroatoms. The second-order valence-corrected chi connectivity index (χ2v) is 17.7. The van der Waals surface area contributed by atoms with E-state index in [-0.39, 0.29) is 37.2 Å². The fraction of sp³-hybridized carbons (Fsp3) is 0.619. The molecule has 284 valence electrons. The maximum absolute atomic E-state index is 12.8. The van der Waals surface area contributed by atoms with Gasteiger partial charge in [0.25, 0.3) is 0 Å². The van der Waals surface area contributed by atoms with Crippen molar-refractivity contribution in [2.45, 2.75) is 132 Å². The first-order chi connectivity index (χ1) is 24.8. The first-order valence-electron chi connectivity index (χ1n) is 19.5. The molecule has 2 aromatic carbocycles. The molecule has 2 saturated carbocycles. The molecule has 8 nitrogen and oxygen atoms in total. The molecule has 0 saturated heterocycles. The maximum atomic E-state index is 12.8. The van der Waals surface area contributed by atoms with Gasteiger partial charge in [-0.1, -0.05) is 100 Å². The summed E-state index contributed by atoms with van der Waals surface area (Å²) in [6.07, 6.45) is 8.38. The van der Waals surface area contributed by atoms with E-state index in [0.29, 0.717) is 35.5 Å². The highest BCUT2D eigenvalue weighted by molar-refractivity contribution is 9.10. The lowest BCUT2D eigenvalue weighted by Gasteiger charge is -2.36. The van der Waals surface area contributed by atoms with Gasteiger partial charge in [0.05, 0.1) is 22.1 Å². The van der Waals surface area contributed by atoms with Crippen molar-refractivity contribution in [3.63, 3.8) is 0 Å². The summed E-state index contributed by atoms with van der Waals surface area (Å²) >= 11 is 7.01. The Kier molecular flexibility index (Phi) is 14.1. The monoisotopic (exact) mass is 840 g/mol. The molecule has 0 aliphatic heterocycles. The second kappa shape index (κ2) is 18.1. The van der Waals surface area contributed by atoms with E-state index in [4.69, 9.17) is 9.47 Å². The Morgan fingerprint density at radius 2 is 1.15 bits per heavy atom. The van der Waals surface area contributed by atoms with Gasteiger partial charge in [0.15, 0.2) is 0 Å². The summed E-state index contributed by atoms with van der Waals surface area (Å²) in [7, 11) is 0. The van der Waals surface area contributed by atoms with Crippen molar-refractivity contribution in [3.8, 4) is 0 Å². The average molecular weight is 843 g/mol. The minimum atomic E-state index is -0.149. The Morgan fingerprint density at radius 3 is 1.65 bits per heavy atom. The highest BCUT2D eigenvalue weighted by atomic mass is 79.9. The molecule has 2 fully saturated rings. The number of hydrogen-bond donors (Lipinski definition) is 0. The molecule has 0 N–H and O–H groups in total. The van der Waals surface area contributed by atoms with Crippen molar-refractivity contribution in [1.29, 1.82) is 0 Å². The van der Waals surface area contributed by atoms with E-state index < -0.39 is 0 Å². The van der Waals surface area contributed by atoms with Crippen molar-refractivity contribution in [2.75, 3.05) is 0 Å². The number of ether oxygens (including phenoxy) is 2. The molecule has 2 heterocycles. The molecule has 2 aliphatic carbocycles. The molecule has 0 unspecified atom stereocenters. The third kappa shape index (κ3) is 9.87. The topological polar surface area (TPSA) is 88.2 Å². The van der Waals surface area contributed by atoms with Crippen LogP contribution >= 0.6 is 31.9 Å². The molecule has 2 aliphatic rings. The van der Waals surface area contributed by atoms with Crippen molar-refractivity contribution in [2.24, 2.45) is 35.5 Å². The fourth-order valence-electron chi connectivity index (χ4n) is 8.36. The zero-order valence-corrected chi connectivity index (χ0v) is 35.5. The SMILES string of the molecule is CCc1nc2cc(Br)ccc2n1CC(=O)O[C@@H]1C[C@H](C)CC[C@H]1C(C)C.CCc1nc2ccc(Br)cc2n1CC(=O)O[C@@H]1C[C@H](C)CC[C@H]1C(C)C. The standard InChI is InChI=1S/2C21H29BrN2O2/c1-5-20-23-17-11-15(22)7-9-18(17)24(20)12-21(25)26-19-10-14(4)6-8-16(19)13(2)3;1-5-20-23-17-9-7-15(22)11-18(17)24(20)12-21(25)26-19-10-14(4)6-8-16(19)13(2)3/h2*7,9,11,13-14,16,19H,5-6,8,10,12H2,1-4H3/t2*14-,16+,19-/m11/s1. The lowest BCUT2D eigenvalue weighted by Crippen LogP contribution is -2.36. The number of aryl methyl sites for hydroxylation is 2. The summed E-state index contributed by atoms with van der Waals surface area (Å²) in [5.41, 5.74) is 3.80. The number of halogens is 2. The van der Waals surface area contributed by atoms with E-state index in [9.17, 15) is 9.59 Å². The van der Waals surface area contributed by atoms with E-state index >= 15 is 0 Å². The van der Waals surface area contributed by atoms with Gasteiger partial charge in [-0.25, -0.2) is 9.97 Å². The number of benzene rings is 2. The van der Waals surface area contributed by atoms with E-state index in [0.717, 1.165) is 81.2 Å². The molecular weight excluding hydrogens is 784 g/mol. The van der Waals surface area contributed by atoms with Crippen LogP contribution in [0.2, 0.25) is 0 Å². The van der Waals surface area contributed by atoms with Crippen LogP contribution in [-0.4, -0.2) is 43.2 Å². The Balaban J connectivity index is 0.000000201. The van der Waals surface area contributed by atoms with Gasteiger partial charge in [0.1, 0.15) is 36.9 Å². The summed E-state index contributed by atoms with van der Waals surface area (Å²) in [4.78, 5) is 34.9. The molecule has 2 aromatic heterocycles. The summed E-state index contributed by atoms with van der Waals surface area (Å²) in [5, 5.41) is 0. The molecule has 0 amide bonds. The highest BCUT2D eigenvalue weighted by Crippen LogP contribution is 2.37. The molecular formula is C42H58Br2N4O4. The van der Waals surface area contributed by atoms with Gasteiger partial charge in [-0.15, -0.1) is 0 Å². The quantitative estimate of drug-likeness (QED) is 0.148. The van der Waals surface area contributed by atoms with Crippen LogP contribution in [0, 0.1) is 35.5 Å². The van der Waals surface area contributed by atoms with Gasteiger partial charge in [0, 0.05) is 21.8 Å². The number of aromatic nitrogens is 4. The summed E-state index contributed by atoms with van der Waals surface area (Å²) < 4.78 is 18.0. The van der Waals surface area contributed by atoms with E-state index in [1.807, 2.05) is 45.5 Å². The number of imidazole rings is 2. The largest absolute Gasteiger partial charge is 0.461 e. The number of esters is 2. The van der Waals surface area contributed by atoms with Crippen molar-refractivity contribution in [3.05, 3.63) is 57.0 Å². The second-order valence-electron chi connectivity index (χ2n) is 15.9. The Hall–Kier alpha value is -2.72.